The van der Waals surface area contributed by atoms with Crippen LogP contribution in [0.5, 0.6) is 0 Å². The van der Waals surface area contributed by atoms with E-state index in [9.17, 15) is 0 Å². The van der Waals surface area contributed by atoms with Gasteiger partial charge >= 0.3 is 6.01 Å². The van der Waals surface area contributed by atoms with E-state index in [1.807, 2.05) is 0 Å². The van der Waals surface area contributed by atoms with Gasteiger partial charge in [-0.2, -0.15) is 0 Å². The number of hydrogen-bond donors (Lipinski definition) is 1. The highest BCUT2D eigenvalue weighted by Gasteiger charge is 2.32. The molecule has 1 N–H and O–H groups in total. The lowest BCUT2D eigenvalue weighted by Crippen LogP contribution is -2.42. The first-order chi connectivity index (χ1) is 9.36. The zero-order valence-corrected chi connectivity index (χ0v) is 11.8. The molecule has 1 saturated carbocycles. The Hall–Kier alpha value is -1.10. The first-order valence-electron chi connectivity index (χ1n) is 7.65. The van der Waals surface area contributed by atoms with E-state index in [0.717, 1.165) is 37.5 Å². The molecule has 19 heavy (non-hydrogen) atoms. The molecule has 5 nitrogen and oxygen atoms in total. The van der Waals surface area contributed by atoms with E-state index in [1.165, 1.54) is 32.1 Å². The number of hydrogen-bond acceptors (Lipinski definition) is 5. The molecule has 0 aromatic carbocycles. The van der Waals surface area contributed by atoms with Crippen molar-refractivity contribution in [2.75, 3.05) is 24.5 Å². The minimum absolute atomic E-state index is 0.670. The third-order valence-corrected chi connectivity index (χ3v) is 4.54. The van der Waals surface area contributed by atoms with E-state index >= 15 is 0 Å². The summed E-state index contributed by atoms with van der Waals surface area (Å²) in [7, 11) is 0. The fourth-order valence-corrected chi connectivity index (χ4v) is 3.45. The molecule has 3 rings (SSSR count). The summed E-state index contributed by atoms with van der Waals surface area (Å²) in [5, 5.41) is 11.5. The van der Waals surface area contributed by atoms with Gasteiger partial charge in [0.25, 0.3) is 0 Å². The molecule has 2 aliphatic rings. The van der Waals surface area contributed by atoms with E-state index in [0.29, 0.717) is 12.4 Å². The van der Waals surface area contributed by atoms with Crippen LogP contribution in [-0.4, -0.2) is 29.8 Å². The number of anilines is 1. The van der Waals surface area contributed by atoms with E-state index < -0.39 is 0 Å². The summed E-state index contributed by atoms with van der Waals surface area (Å²) in [4.78, 5) is 2.29. The number of nitrogens with zero attached hydrogens (tertiary/aromatic N) is 3. The maximum Gasteiger partial charge on any atom is 0.318 e. The number of piperidine rings is 1. The van der Waals surface area contributed by atoms with Crippen molar-refractivity contribution in [1.82, 2.24) is 15.5 Å². The third kappa shape index (κ3) is 2.91. The predicted octanol–water partition coefficient (Wildman–Crippen LogP) is 2.20. The molecule has 1 aromatic heterocycles. The first-order valence-corrected chi connectivity index (χ1v) is 7.65. The maximum atomic E-state index is 5.75. The van der Waals surface area contributed by atoms with Crippen LogP contribution in [0.1, 0.15) is 44.9 Å². The monoisotopic (exact) mass is 264 g/mol. The fraction of sp³-hybridized carbons (Fsp3) is 0.857. The van der Waals surface area contributed by atoms with Crippen LogP contribution < -0.4 is 10.2 Å². The molecule has 1 saturated heterocycles. The second kappa shape index (κ2) is 5.90. The Kier molecular flexibility index (Phi) is 4.01. The lowest BCUT2D eigenvalue weighted by molar-refractivity contribution is 0.198. The van der Waals surface area contributed by atoms with E-state index in [2.05, 4.69) is 27.3 Å². The molecular weight excluding hydrogens is 240 g/mol. The Bertz CT molecular complexity index is 406. The normalized spacial score (nSPS) is 27.3. The molecule has 1 aromatic rings. The van der Waals surface area contributed by atoms with Gasteiger partial charge in [-0.3, -0.25) is 0 Å². The van der Waals surface area contributed by atoms with Crippen molar-refractivity contribution in [3.8, 4) is 0 Å². The molecule has 2 heterocycles. The number of fused-ring (bicyclic) bond motifs is 1. The van der Waals surface area contributed by atoms with Crippen molar-refractivity contribution in [1.29, 1.82) is 0 Å². The molecule has 5 heteroatoms. The van der Waals surface area contributed by atoms with Crippen LogP contribution in [-0.2, 0) is 6.54 Å². The van der Waals surface area contributed by atoms with Gasteiger partial charge in [-0.25, -0.2) is 0 Å². The predicted molar refractivity (Wildman–Crippen MR) is 74.0 cm³/mol. The molecule has 2 unspecified atom stereocenters. The molecular formula is C14H24N4O. The molecule has 2 atom stereocenters. The summed E-state index contributed by atoms with van der Waals surface area (Å²) in [6.45, 7) is 5.84. The van der Waals surface area contributed by atoms with Crippen LogP contribution >= 0.6 is 0 Å². The van der Waals surface area contributed by atoms with E-state index in [-0.39, 0.29) is 0 Å². The zero-order valence-electron chi connectivity index (χ0n) is 11.8. The highest BCUT2D eigenvalue weighted by Crippen LogP contribution is 2.37. The molecule has 1 aliphatic carbocycles. The zero-order chi connectivity index (χ0) is 13.1. The van der Waals surface area contributed by atoms with Gasteiger partial charge in [0, 0.05) is 13.1 Å². The smallest absolute Gasteiger partial charge is 0.318 e. The number of nitrogens with one attached hydrogen (secondary N) is 1. The van der Waals surface area contributed by atoms with Gasteiger partial charge < -0.3 is 14.6 Å². The Morgan fingerprint density at radius 1 is 1.21 bits per heavy atom. The quantitative estimate of drug-likeness (QED) is 0.903. The third-order valence-electron chi connectivity index (χ3n) is 4.54. The van der Waals surface area contributed by atoms with Crippen LogP contribution in [0.25, 0.3) is 0 Å². The van der Waals surface area contributed by atoms with Crippen molar-refractivity contribution >= 4 is 6.01 Å². The first kappa shape index (κ1) is 12.9. The van der Waals surface area contributed by atoms with Crippen molar-refractivity contribution < 1.29 is 4.42 Å². The summed E-state index contributed by atoms with van der Waals surface area (Å²) in [6.07, 6.45) is 6.90. The van der Waals surface area contributed by atoms with Gasteiger partial charge in [-0.1, -0.05) is 31.3 Å². The van der Waals surface area contributed by atoms with Crippen molar-refractivity contribution in [2.45, 2.75) is 45.6 Å². The standard InChI is InChI=1S/C14H24N4O/c1-2-15-9-13-16-17-14(19-13)18-8-7-11-5-3-4-6-12(11)10-18/h11-12,15H,2-10H2,1H3. The molecule has 0 amide bonds. The summed E-state index contributed by atoms with van der Waals surface area (Å²) in [5.41, 5.74) is 0. The van der Waals surface area contributed by atoms with Crippen LogP contribution in [0.15, 0.2) is 4.42 Å². The SMILES string of the molecule is CCNCc1nnc(N2CCC3CCCCC3C2)o1. The summed E-state index contributed by atoms with van der Waals surface area (Å²) in [6, 6.07) is 0.719. The minimum atomic E-state index is 0.670. The van der Waals surface area contributed by atoms with Crippen LogP contribution in [0.4, 0.5) is 6.01 Å². The second-order valence-electron chi connectivity index (χ2n) is 5.80. The van der Waals surface area contributed by atoms with Crippen molar-refractivity contribution in [3.63, 3.8) is 0 Å². The van der Waals surface area contributed by atoms with E-state index in [1.54, 1.807) is 0 Å². The molecule has 1 aliphatic heterocycles. The van der Waals surface area contributed by atoms with Crippen LogP contribution in [0, 0.1) is 11.8 Å². The number of rotatable bonds is 4. The average molecular weight is 264 g/mol. The summed E-state index contributed by atoms with van der Waals surface area (Å²) in [5.74, 6) is 2.48. The highest BCUT2D eigenvalue weighted by molar-refractivity contribution is 5.25. The molecule has 0 bridgehead atoms. The Morgan fingerprint density at radius 2 is 2.05 bits per heavy atom. The largest absolute Gasteiger partial charge is 0.407 e. The van der Waals surface area contributed by atoms with Gasteiger partial charge in [0.2, 0.25) is 5.89 Å². The summed E-state index contributed by atoms with van der Waals surface area (Å²) < 4.78 is 5.75. The molecule has 0 spiro atoms. The topological polar surface area (TPSA) is 54.2 Å². The second-order valence-corrected chi connectivity index (χ2v) is 5.80. The Balaban J connectivity index is 1.61. The lowest BCUT2D eigenvalue weighted by Gasteiger charge is -2.40. The molecule has 106 valence electrons. The lowest BCUT2D eigenvalue weighted by atomic mass is 9.75. The van der Waals surface area contributed by atoms with E-state index in [4.69, 9.17) is 4.42 Å². The fourth-order valence-electron chi connectivity index (χ4n) is 3.45. The van der Waals surface area contributed by atoms with Gasteiger partial charge in [-0.05, 0) is 31.2 Å². The average Bonchev–Trinajstić information content (AvgIpc) is 2.93. The van der Waals surface area contributed by atoms with Crippen LogP contribution in [0.3, 0.4) is 0 Å². The van der Waals surface area contributed by atoms with Gasteiger partial charge in [0.05, 0.1) is 6.54 Å². The van der Waals surface area contributed by atoms with Gasteiger partial charge in [0.1, 0.15) is 0 Å². The maximum absolute atomic E-state index is 5.75. The van der Waals surface area contributed by atoms with Crippen molar-refractivity contribution in [3.05, 3.63) is 5.89 Å². The van der Waals surface area contributed by atoms with Gasteiger partial charge in [-0.15, -0.1) is 5.10 Å². The van der Waals surface area contributed by atoms with Crippen molar-refractivity contribution in [2.24, 2.45) is 11.8 Å². The minimum Gasteiger partial charge on any atom is -0.407 e. The van der Waals surface area contributed by atoms with Crippen LogP contribution in [0.2, 0.25) is 0 Å². The Morgan fingerprint density at radius 3 is 2.89 bits per heavy atom. The molecule has 2 fully saturated rings. The van der Waals surface area contributed by atoms with Gasteiger partial charge in [0.15, 0.2) is 0 Å². The molecule has 0 radical (unpaired) electrons. The summed E-state index contributed by atoms with van der Waals surface area (Å²) >= 11 is 0. The highest BCUT2D eigenvalue weighted by atomic mass is 16.4. The number of aromatic nitrogens is 2. The Labute approximate surface area is 114 Å².